The maximum absolute atomic E-state index is 13.1. The minimum absolute atomic E-state index is 0.161. The molecule has 4 aromatic rings. The van der Waals surface area contributed by atoms with Crippen molar-refractivity contribution < 1.29 is 28.9 Å². The summed E-state index contributed by atoms with van der Waals surface area (Å²) in [6.45, 7) is 0.611. The molecule has 0 spiro atoms. The summed E-state index contributed by atoms with van der Waals surface area (Å²) in [7, 11) is 0. The van der Waals surface area contributed by atoms with Crippen LogP contribution in [0.25, 0.3) is 6.08 Å². The third kappa shape index (κ3) is 10.3. The Morgan fingerprint density at radius 3 is 1.93 bits per heavy atom. The summed E-state index contributed by atoms with van der Waals surface area (Å²) in [6, 6.07) is 28.6. The number of rotatable bonds is 16. The van der Waals surface area contributed by atoms with Gasteiger partial charge in [0.15, 0.2) is 0 Å². The SMILES string of the molecule is O=C(O)c1ccc(CCC(/C=C/c2ccccc2OCCCCCc2ccc(F)cc2)Cc2ccc(C(=O)O)cc2)cc1. The molecule has 0 aliphatic heterocycles. The summed E-state index contributed by atoms with van der Waals surface area (Å²) in [6.07, 6.45) is 10.5. The Morgan fingerprint density at radius 2 is 1.28 bits per heavy atom. The van der Waals surface area contributed by atoms with Crippen molar-refractivity contribution in [3.8, 4) is 5.75 Å². The maximum atomic E-state index is 13.1. The summed E-state index contributed by atoms with van der Waals surface area (Å²) < 4.78 is 19.2. The summed E-state index contributed by atoms with van der Waals surface area (Å²) in [5.41, 5.74) is 4.77. The molecule has 0 heterocycles. The van der Waals surface area contributed by atoms with E-state index in [4.69, 9.17) is 4.74 Å². The van der Waals surface area contributed by atoms with Gasteiger partial charge in [-0.15, -0.1) is 0 Å². The normalized spacial score (nSPS) is 11.8. The van der Waals surface area contributed by atoms with Gasteiger partial charge in [-0.1, -0.05) is 66.7 Å². The van der Waals surface area contributed by atoms with Crippen molar-refractivity contribution in [1.82, 2.24) is 0 Å². The van der Waals surface area contributed by atoms with Crippen LogP contribution in [0.15, 0.2) is 103 Å². The third-order valence-corrected chi connectivity index (χ3v) is 7.45. The van der Waals surface area contributed by atoms with E-state index < -0.39 is 11.9 Å². The second-order valence-corrected chi connectivity index (χ2v) is 10.7. The summed E-state index contributed by atoms with van der Waals surface area (Å²) in [5, 5.41) is 18.4. The van der Waals surface area contributed by atoms with Crippen molar-refractivity contribution in [3.05, 3.63) is 142 Å². The molecule has 222 valence electrons. The Kier molecular flexibility index (Phi) is 11.7. The Bertz CT molecular complexity index is 1490. The quantitative estimate of drug-likeness (QED) is 0.130. The number of carboxylic acids is 2. The lowest BCUT2D eigenvalue weighted by Crippen LogP contribution is -2.05. The first kappa shape index (κ1) is 31.2. The molecule has 0 saturated heterocycles. The molecule has 0 bridgehead atoms. The van der Waals surface area contributed by atoms with Crippen molar-refractivity contribution in [3.63, 3.8) is 0 Å². The second kappa shape index (κ2) is 16.1. The number of halogens is 1. The van der Waals surface area contributed by atoms with Gasteiger partial charge in [-0.2, -0.15) is 0 Å². The fraction of sp³-hybridized carbons (Fsp3) is 0.243. The molecular weight excluding hydrogens is 543 g/mol. The average molecular weight is 581 g/mol. The molecule has 2 N–H and O–H groups in total. The number of aromatic carboxylic acids is 2. The molecule has 1 unspecified atom stereocenters. The highest BCUT2D eigenvalue weighted by molar-refractivity contribution is 5.88. The second-order valence-electron chi connectivity index (χ2n) is 10.7. The number of unbranched alkanes of at least 4 members (excludes halogenated alkanes) is 2. The molecule has 6 heteroatoms. The summed E-state index contributed by atoms with van der Waals surface area (Å²) in [4.78, 5) is 22.5. The first-order valence-electron chi connectivity index (χ1n) is 14.7. The average Bonchev–Trinajstić information content (AvgIpc) is 3.02. The minimum atomic E-state index is -0.947. The van der Waals surface area contributed by atoms with Gasteiger partial charge in [0.2, 0.25) is 0 Å². The van der Waals surface area contributed by atoms with Gasteiger partial charge in [-0.05, 0) is 110 Å². The van der Waals surface area contributed by atoms with Crippen molar-refractivity contribution in [1.29, 1.82) is 0 Å². The molecule has 4 aromatic carbocycles. The van der Waals surface area contributed by atoms with Crippen LogP contribution in [0.4, 0.5) is 4.39 Å². The van der Waals surface area contributed by atoms with E-state index in [-0.39, 0.29) is 22.9 Å². The van der Waals surface area contributed by atoms with Gasteiger partial charge in [-0.3, -0.25) is 0 Å². The van der Waals surface area contributed by atoms with Crippen LogP contribution in [0, 0.1) is 11.7 Å². The number of ether oxygens (including phenoxy) is 1. The Morgan fingerprint density at radius 1 is 0.698 bits per heavy atom. The smallest absolute Gasteiger partial charge is 0.335 e. The molecule has 1 atom stereocenters. The van der Waals surface area contributed by atoms with Crippen molar-refractivity contribution >= 4 is 18.0 Å². The van der Waals surface area contributed by atoms with Crippen molar-refractivity contribution in [2.45, 2.75) is 44.9 Å². The zero-order valence-corrected chi connectivity index (χ0v) is 24.1. The summed E-state index contributed by atoms with van der Waals surface area (Å²) >= 11 is 0. The fourth-order valence-electron chi connectivity index (χ4n) is 4.95. The molecule has 0 aromatic heterocycles. The van der Waals surface area contributed by atoms with Gasteiger partial charge in [0.1, 0.15) is 11.6 Å². The van der Waals surface area contributed by atoms with Crippen LogP contribution in [0.1, 0.15) is 68.7 Å². The van der Waals surface area contributed by atoms with E-state index in [1.807, 2.05) is 60.7 Å². The topological polar surface area (TPSA) is 83.8 Å². The zero-order chi connectivity index (χ0) is 30.4. The number of benzene rings is 4. The van der Waals surface area contributed by atoms with Crippen LogP contribution in [0.3, 0.4) is 0 Å². The molecule has 0 saturated carbocycles. The molecular formula is C37H37FO5. The monoisotopic (exact) mass is 580 g/mol. The predicted octanol–water partition coefficient (Wildman–Crippen LogP) is 8.52. The number of allylic oxidation sites excluding steroid dienone is 1. The van der Waals surface area contributed by atoms with Crippen LogP contribution in [-0.2, 0) is 19.3 Å². The fourth-order valence-corrected chi connectivity index (χ4v) is 4.95. The molecule has 0 fully saturated rings. The first-order chi connectivity index (χ1) is 20.9. The lowest BCUT2D eigenvalue weighted by molar-refractivity contribution is 0.0686. The number of aryl methyl sites for hydroxylation is 2. The van der Waals surface area contributed by atoms with E-state index in [1.54, 1.807) is 24.3 Å². The highest BCUT2D eigenvalue weighted by Gasteiger charge is 2.11. The van der Waals surface area contributed by atoms with Gasteiger partial charge in [-0.25, -0.2) is 14.0 Å². The highest BCUT2D eigenvalue weighted by atomic mass is 19.1. The predicted molar refractivity (Wildman–Crippen MR) is 167 cm³/mol. The Balaban J connectivity index is 1.37. The van der Waals surface area contributed by atoms with E-state index in [9.17, 15) is 24.2 Å². The minimum Gasteiger partial charge on any atom is -0.493 e. The van der Waals surface area contributed by atoms with E-state index >= 15 is 0 Å². The number of hydrogen-bond acceptors (Lipinski definition) is 3. The molecule has 0 aliphatic carbocycles. The molecule has 0 aliphatic rings. The summed E-state index contributed by atoms with van der Waals surface area (Å²) in [5.74, 6) is -1.11. The van der Waals surface area contributed by atoms with Crippen molar-refractivity contribution in [2.24, 2.45) is 5.92 Å². The number of carboxylic acid groups (broad SMARTS) is 2. The maximum Gasteiger partial charge on any atom is 0.335 e. The standard InChI is InChI=1S/C37H37FO5/c38-34-23-16-27(17-24-34)6-2-1-5-25-43-35-8-4-3-7-31(35)18-13-29(26-30-14-21-33(22-15-30)37(41)42)10-9-28-11-19-32(20-12-28)36(39)40/h3-4,7-8,11-24,29H,1-2,5-6,9-10,25-26H2,(H,39,40)(H,41,42)/b18-13+. The molecule has 43 heavy (non-hydrogen) atoms. The third-order valence-electron chi connectivity index (χ3n) is 7.45. The van der Waals surface area contributed by atoms with Crippen LogP contribution >= 0.6 is 0 Å². The Hall–Kier alpha value is -4.71. The molecule has 5 nitrogen and oxygen atoms in total. The van der Waals surface area contributed by atoms with Gasteiger partial charge in [0, 0.05) is 5.56 Å². The zero-order valence-electron chi connectivity index (χ0n) is 24.1. The van der Waals surface area contributed by atoms with E-state index in [2.05, 4.69) is 12.2 Å². The number of hydrogen-bond donors (Lipinski definition) is 2. The number of para-hydroxylation sites is 1. The van der Waals surface area contributed by atoms with E-state index in [1.165, 1.54) is 12.1 Å². The lowest BCUT2D eigenvalue weighted by Gasteiger charge is -2.15. The van der Waals surface area contributed by atoms with Gasteiger partial charge < -0.3 is 14.9 Å². The van der Waals surface area contributed by atoms with Gasteiger partial charge in [0.05, 0.1) is 17.7 Å². The largest absolute Gasteiger partial charge is 0.493 e. The van der Waals surface area contributed by atoms with Gasteiger partial charge >= 0.3 is 11.9 Å². The van der Waals surface area contributed by atoms with Gasteiger partial charge in [0.25, 0.3) is 0 Å². The molecule has 0 amide bonds. The number of carbonyl (C=O) groups is 2. The van der Waals surface area contributed by atoms with E-state index in [0.29, 0.717) is 6.61 Å². The van der Waals surface area contributed by atoms with Crippen molar-refractivity contribution in [2.75, 3.05) is 6.61 Å². The molecule has 4 rings (SSSR count). The van der Waals surface area contributed by atoms with Crippen LogP contribution < -0.4 is 4.74 Å². The van der Waals surface area contributed by atoms with Crippen LogP contribution in [0.5, 0.6) is 5.75 Å². The van der Waals surface area contributed by atoms with Crippen LogP contribution in [-0.4, -0.2) is 28.8 Å². The molecule has 0 radical (unpaired) electrons. The van der Waals surface area contributed by atoms with Crippen LogP contribution in [0.2, 0.25) is 0 Å². The van der Waals surface area contributed by atoms with E-state index in [0.717, 1.165) is 72.9 Å². The highest BCUT2D eigenvalue weighted by Crippen LogP contribution is 2.24. The Labute approximate surface area is 252 Å². The first-order valence-corrected chi connectivity index (χ1v) is 14.7. The lowest BCUT2D eigenvalue weighted by atomic mass is 9.91.